The minimum atomic E-state index is -0.597. The van der Waals surface area contributed by atoms with Crippen LogP contribution in [0.1, 0.15) is 0 Å². The average molecular weight is 407 g/mol. The molecule has 0 aliphatic carbocycles. The van der Waals surface area contributed by atoms with E-state index in [0.29, 0.717) is 26.2 Å². The van der Waals surface area contributed by atoms with E-state index in [1.165, 1.54) is 0 Å². The molecule has 1 unspecified atom stereocenters. The van der Waals surface area contributed by atoms with Crippen molar-refractivity contribution in [1.29, 1.82) is 0 Å². The maximum absolute atomic E-state index is 10.6. The van der Waals surface area contributed by atoms with E-state index in [9.17, 15) is 5.11 Å². The molecule has 25 heavy (non-hydrogen) atoms. The van der Waals surface area contributed by atoms with Crippen LogP contribution in [0.3, 0.4) is 0 Å². The van der Waals surface area contributed by atoms with Crippen LogP contribution in [0, 0.1) is 0 Å². The minimum absolute atomic E-state index is 0.0100. The van der Waals surface area contributed by atoms with Crippen molar-refractivity contribution in [2.75, 3.05) is 32.8 Å². The van der Waals surface area contributed by atoms with Crippen molar-refractivity contribution >= 4 is 37.7 Å². The Morgan fingerprint density at radius 3 is 2.36 bits per heavy atom. The van der Waals surface area contributed by atoms with Gasteiger partial charge in [0.05, 0.1) is 25.9 Å². The van der Waals surface area contributed by atoms with Crippen molar-refractivity contribution < 1.29 is 15.3 Å². The molecular formula is C19H23BrN2O3. The van der Waals surface area contributed by atoms with E-state index < -0.39 is 6.10 Å². The zero-order chi connectivity index (χ0) is 17.8. The number of aliphatic hydroxyl groups excluding tert-OH is 3. The van der Waals surface area contributed by atoms with Gasteiger partial charge in [-0.25, -0.2) is 0 Å². The quantitative estimate of drug-likeness (QED) is 0.536. The molecule has 0 fully saturated rings. The van der Waals surface area contributed by atoms with Crippen molar-refractivity contribution in [3.63, 3.8) is 0 Å². The summed E-state index contributed by atoms with van der Waals surface area (Å²) in [7, 11) is 0. The summed E-state index contributed by atoms with van der Waals surface area (Å²) in [4.78, 5) is 1.87. The molecule has 0 amide bonds. The van der Waals surface area contributed by atoms with Gasteiger partial charge in [0.2, 0.25) is 0 Å². The minimum Gasteiger partial charge on any atom is -0.395 e. The first-order chi connectivity index (χ1) is 12.1. The van der Waals surface area contributed by atoms with E-state index in [0.717, 1.165) is 26.3 Å². The summed E-state index contributed by atoms with van der Waals surface area (Å²) in [6, 6.07) is 14.4. The Labute approximate surface area is 155 Å². The first kappa shape index (κ1) is 18.4. The highest BCUT2D eigenvalue weighted by atomic mass is 79.9. The predicted octanol–water partition coefficient (Wildman–Crippen LogP) is 2.20. The standard InChI is InChI=1S/C19H23BrN2O3/c20-14-5-6-19-17(11-14)16-3-1-2-4-18(16)22(19)13-15(25)12-21(7-9-23)8-10-24/h1-6,11,15,23-25H,7-10,12-13H2. The maximum Gasteiger partial charge on any atom is 0.0846 e. The van der Waals surface area contributed by atoms with E-state index in [-0.39, 0.29) is 13.2 Å². The molecule has 3 rings (SSSR count). The Hall–Kier alpha value is -1.44. The van der Waals surface area contributed by atoms with Crippen molar-refractivity contribution in [3.05, 3.63) is 46.9 Å². The summed E-state index contributed by atoms with van der Waals surface area (Å²) in [5.41, 5.74) is 2.17. The van der Waals surface area contributed by atoms with Crippen LogP contribution in [0.4, 0.5) is 0 Å². The number of hydrogen-bond donors (Lipinski definition) is 3. The molecule has 0 radical (unpaired) electrons. The lowest BCUT2D eigenvalue weighted by atomic mass is 10.2. The van der Waals surface area contributed by atoms with Gasteiger partial charge in [-0.2, -0.15) is 0 Å². The number of fused-ring (bicyclic) bond motifs is 3. The largest absolute Gasteiger partial charge is 0.395 e. The fourth-order valence-corrected chi connectivity index (χ4v) is 3.73. The first-order valence-corrected chi connectivity index (χ1v) is 9.22. The molecule has 0 aliphatic heterocycles. The number of rotatable bonds is 8. The van der Waals surface area contributed by atoms with Gasteiger partial charge in [0.25, 0.3) is 0 Å². The van der Waals surface area contributed by atoms with E-state index in [4.69, 9.17) is 10.2 Å². The number of aliphatic hydroxyl groups is 3. The highest BCUT2D eigenvalue weighted by molar-refractivity contribution is 9.10. The number of para-hydroxylation sites is 1. The molecule has 3 N–H and O–H groups in total. The topological polar surface area (TPSA) is 68.9 Å². The molecule has 0 aliphatic rings. The first-order valence-electron chi connectivity index (χ1n) is 8.42. The Balaban J connectivity index is 1.92. The molecule has 134 valence electrons. The third-order valence-corrected chi connectivity index (χ3v) is 4.92. The number of nitrogens with zero attached hydrogens (tertiary/aromatic N) is 2. The number of hydrogen-bond acceptors (Lipinski definition) is 4. The van der Waals surface area contributed by atoms with E-state index in [2.05, 4.69) is 44.8 Å². The molecule has 6 heteroatoms. The molecule has 1 heterocycles. The third kappa shape index (κ3) is 4.04. The monoisotopic (exact) mass is 406 g/mol. The molecule has 0 saturated heterocycles. The Morgan fingerprint density at radius 2 is 1.64 bits per heavy atom. The lowest BCUT2D eigenvalue weighted by Gasteiger charge is -2.24. The van der Waals surface area contributed by atoms with Crippen molar-refractivity contribution in [3.8, 4) is 0 Å². The Kier molecular flexibility index (Phi) is 6.09. The van der Waals surface area contributed by atoms with Crippen LogP contribution in [0.25, 0.3) is 21.8 Å². The van der Waals surface area contributed by atoms with Crippen LogP contribution in [-0.2, 0) is 6.54 Å². The van der Waals surface area contributed by atoms with Crippen LogP contribution in [0.5, 0.6) is 0 Å². The fraction of sp³-hybridized carbons (Fsp3) is 0.368. The Bertz CT molecular complexity index is 843. The zero-order valence-corrected chi connectivity index (χ0v) is 15.6. The molecule has 2 aromatic carbocycles. The van der Waals surface area contributed by atoms with Gasteiger partial charge in [0.1, 0.15) is 0 Å². The number of benzene rings is 2. The Morgan fingerprint density at radius 1 is 0.960 bits per heavy atom. The smallest absolute Gasteiger partial charge is 0.0846 e. The van der Waals surface area contributed by atoms with Crippen molar-refractivity contribution in [2.24, 2.45) is 0 Å². The van der Waals surface area contributed by atoms with Gasteiger partial charge in [-0.1, -0.05) is 34.1 Å². The van der Waals surface area contributed by atoms with Crippen LogP contribution in [0.2, 0.25) is 0 Å². The van der Waals surface area contributed by atoms with Gasteiger partial charge in [-0.15, -0.1) is 0 Å². The number of aromatic nitrogens is 1. The normalized spacial score (nSPS) is 13.2. The second-order valence-corrected chi connectivity index (χ2v) is 7.11. The van der Waals surface area contributed by atoms with Gasteiger partial charge >= 0.3 is 0 Å². The molecule has 1 aromatic heterocycles. The summed E-state index contributed by atoms with van der Waals surface area (Å²) < 4.78 is 3.17. The van der Waals surface area contributed by atoms with Gasteiger partial charge in [-0.3, -0.25) is 4.90 Å². The van der Waals surface area contributed by atoms with Gasteiger partial charge < -0.3 is 19.9 Å². The summed E-state index contributed by atoms with van der Waals surface area (Å²) >= 11 is 3.53. The summed E-state index contributed by atoms with van der Waals surface area (Å²) in [6.45, 7) is 1.77. The molecule has 0 bridgehead atoms. The van der Waals surface area contributed by atoms with Crippen molar-refractivity contribution in [1.82, 2.24) is 9.47 Å². The fourth-order valence-electron chi connectivity index (χ4n) is 3.37. The number of halogens is 1. The van der Waals surface area contributed by atoms with Gasteiger partial charge in [0, 0.05) is 45.9 Å². The second-order valence-electron chi connectivity index (χ2n) is 6.19. The molecule has 0 saturated carbocycles. The summed E-state index contributed by atoms with van der Waals surface area (Å²) in [6.07, 6.45) is -0.597. The molecule has 0 spiro atoms. The van der Waals surface area contributed by atoms with E-state index >= 15 is 0 Å². The van der Waals surface area contributed by atoms with Crippen molar-refractivity contribution in [2.45, 2.75) is 12.6 Å². The van der Waals surface area contributed by atoms with Crippen LogP contribution < -0.4 is 0 Å². The third-order valence-electron chi connectivity index (χ3n) is 4.43. The lowest BCUT2D eigenvalue weighted by Crippen LogP contribution is -2.38. The van der Waals surface area contributed by atoms with Crippen LogP contribution in [0.15, 0.2) is 46.9 Å². The zero-order valence-electron chi connectivity index (χ0n) is 14.0. The average Bonchev–Trinajstić information content (AvgIpc) is 2.89. The maximum atomic E-state index is 10.6. The highest BCUT2D eigenvalue weighted by Gasteiger charge is 2.16. The van der Waals surface area contributed by atoms with Gasteiger partial charge in [-0.05, 0) is 24.3 Å². The van der Waals surface area contributed by atoms with Crippen LogP contribution in [-0.4, -0.2) is 63.7 Å². The molecule has 3 aromatic rings. The SMILES string of the molecule is OCCN(CCO)CC(O)Cn1c2ccccc2c2cc(Br)ccc21. The summed E-state index contributed by atoms with van der Waals surface area (Å²) in [5.74, 6) is 0. The van der Waals surface area contributed by atoms with Crippen LogP contribution >= 0.6 is 15.9 Å². The van der Waals surface area contributed by atoms with E-state index in [1.54, 1.807) is 0 Å². The molecule has 1 atom stereocenters. The molecular weight excluding hydrogens is 384 g/mol. The second kappa shape index (κ2) is 8.29. The lowest BCUT2D eigenvalue weighted by molar-refractivity contribution is 0.0787. The van der Waals surface area contributed by atoms with Gasteiger partial charge in [0.15, 0.2) is 0 Å². The molecule has 5 nitrogen and oxygen atoms in total. The van der Waals surface area contributed by atoms with E-state index in [1.807, 2.05) is 23.1 Å². The highest BCUT2D eigenvalue weighted by Crippen LogP contribution is 2.31. The summed E-state index contributed by atoms with van der Waals surface area (Å²) in [5, 5.41) is 31.2. The predicted molar refractivity (Wildman–Crippen MR) is 104 cm³/mol.